The van der Waals surface area contributed by atoms with Gasteiger partial charge < -0.3 is 4.90 Å². The van der Waals surface area contributed by atoms with Crippen molar-refractivity contribution in [1.82, 2.24) is 0 Å². The van der Waals surface area contributed by atoms with E-state index in [0.29, 0.717) is 5.92 Å². The molecule has 1 aliphatic rings. The summed E-state index contributed by atoms with van der Waals surface area (Å²) < 4.78 is 22.7. The molecule has 0 aromatic heterocycles. The largest absolute Gasteiger partial charge is 0.371 e. The van der Waals surface area contributed by atoms with Crippen LogP contribution in [0, 0.1) is 5.92 Å². The minimum absolute atomic E-state index is 0.206. The zero-order chi connectivity index (χ0) is 13.3. The average molecular weight is 268 g/mol. The third-order valence-electron chi connectivity index (χ3n) is 3.35. The lowest BCUT2D eigenvalue weighted by molar-refractivity contribution is 0.577. The first-order valence-corrected chi connectivity index (χ1v) is 7.83. The topological polar surface area (TPSA) is 63.4 Å². The Balaban J connectivity index is 2.25. The fourth-order valence-corrected chi connectivity index (χ4v) is 2.78. The van der Waals surface area contributed by atoms with E-state index in [4.69, 9.17) is 5.14 Å². The minimum Gasteiger partial charge on any atom is -0.371 e. The van der Waals surface area contributed by atoms with Gasteiger partial charge in [0.1, 0.15) is 0 Å². The summed E-state index contributed by atoms with van der Waals surface area (Å²) in [5.41, 5.74) is 2.24. The summed E-state index contributed by atoms with van der Waals surface area (Å²) in [7, 11) is -3.61. The van der Waals surface area contributed by atoms with Crippen LogP contribution in [0.4, 0.5) is 5.69 Å². The lowest BCUT2D eigenvalue weighted by Crippen LogP contribution is -2.23. The van der Waals surface area contributed by atoms with Crippen LogP contribution in [0.3, 0.4) is 0 Å². The number of hydrogen-bond acceptors (Lipinski definition) is 3. The summed E-state index contributed by atoms with van der Waals surface area (Å²) in [6.45, 7) is 6.32. The van der Waals surface area contributed by atoms with Crippen LogP contribution in [0.1, 0.15) is 25.8 Å². The first-order chi connectivity index (χ1) is 8.38. The van der Waals surface area contributed by atoms with E-state index in [9.17, 15) is 8.42 Å². The van der Waals surface area contributed by atoms with Crippen LogP contribution in [0.2, 0.25) is 0 Å². The Morgan fingerprint density at radius 1 is 1.39 bits per heavy atom. The Labute approximate surface area is 109 Å². The molecule has 0 radical (unpaired) electrons. The molecule has 2 N–H and O–H groups in total. The molecule has 1 aliphatic heterocycles. The Hall–Kier alpha value is -1.07. The predicted molar refractivity (Wildman–Crippen MR) is 73.2 cm³/mol. The minimum atomic E-state index is -3.61. The van der Waals surface area contributed by atoms with E-state index in [1.165, 1.54) is 5.56 Å². The van der Waals surface area contributed by atoms with Crippen molar-refractivity contribution in [3.05, 3.63) is 23.8 Å². The summed E-state index contributed by atoms with van der Waals surface area (Å²) in [6.07, 6.45) is 2.09. The summed E-state index contributed by atoms with van der Waals surface area (Å²) in [4.78, 5) is 2.46. The second-order valence-corrected chi connectivity index (χ2v) is 6.82. The highest BCUT2D eigenvalue weighted by Gasteiger charge is 2.21. The van der Waals surface area contributed by atoms with E-state index >= 15 is 0 Å². The van der Waals surface area contributed by atoms with Crippen molar-refractivity contribution in [2.45, 2.75) is 31.6 Å². The van der Waals surface area contributed by atoms with Crippen molar-refractivity contribution in [2.24, 2.45) is 11.1 Å². The van der Waals surface area contributed by atoms with E-state index in [-0.39, 0.29) is 4.90 Å². The Bertz CT molecular complexity index is 538. The van der Waals surface area contributed by atoms with Crippen molar-refractivity contribution in [3.8, 4) is 0 Å². The van der Waals surface area contributed by atoms with Crippen LogP contribution in [0.15, 0.2) is 23.1 Å². The van der Waals surface area contributed by atoms with Crippen LogP contribution in [-0.4, -0.2) is 21.5 Å². The molecular formula is C13H20N2O2S. The number of hydrogen-bond donors (Lipinski definition) is 1. The van der Waals surface area contributed by atoms with Gasteiger partial charge in [-0.05, 0) is 36.5 Å². The van der Waals surface area contributed by atoms with E-state index < -0.39 is 10.0 Å². The Morgan fingerprint density at radius 3 is 2.72 bits per heavy atom. The number of benzene rings is 1. The number of sulfonamides is 1. The Kier molecular flexibility index (Phi) is 3.64. The highest BCUT2D eigenvalue weighted by atomic mass is 32.2. The zero-order valence-electron chi connectivity index (χ0n) is 10.9. The molecule has 2 rings (SSSR count). The molecule has 100 valence electrons. The fourth-order valence-electron chi connectivity index (χ4n) is 2.25. The van der Waals surface area contributed by atoms with Gasteiger partial charge in [0.25, 0.3) is 0 Å². The van der Waals surface area contributed by atoms with Gasteiger partial charge in [-0.1, -0.05) is 19.9 Å². The van der Waals surface area contributed by atoms with Crippen molar-refractivity contribution >= 4 is 15.7 Å². The molecule has 0 atom stereocenters. The Morgan fingerprint density at radius 2 is 2.11 bits per heavy atom. The van der Waals surface area contributed by atoms with E-state index in [2.05, 4.69) is 18.7 Å². The van der Waals surface area contributed by atoms with Gasteiger partial charge in [0, 0.05) is 18.8 Å². The third-order valence-corrected chi connectivity index (χ3v) is 4.26. The van der Waals surface area contributed by atoms with E-state index in [0.717, 1.165) is 31.6 Å². The summed E-state index contributed by atoms with van der Waals surface area (Å²) in [5, 5.41) is 5.17. The maximum atomic E-state index is 11.4. The molecule has 0 amide bonds. The maximum Gasteiger partial charge on any atom is 0.238 e. The number of rotatable bonds is 4. The number of fused-ring (bicyclic) bond motifs is 1. The molecule has 0 saturated carbocycles. The molecule has 1 aromatic rings. The van der Waals surface area contributed by atoms with Gasteiger partial charge in [0.2, 0.25) is 10.0 Å². The number of anilines is 1. The quantitative estimate of drug-likeness (QED) is 0.904. The molecule has 18 heavy (non-hydrogen) atoms. The molecule has 1 heterocycles. The molecule has 0 saturated heterocycles. The number of primary sulfonamides is 1. The molecular weight excluding hydrogens is 248 g/mol. The molecule has 5 heteroatoms. The lowest BCUT2D eigenvalue weighted by Gasteiger charge is -2.20. The zero-order valence-corrected chi connectivity index (χ0v) is 11.7. The predicted octanol–water partition coefficient (Wildman–Crippen LogP) is 1.74. The summed E-state index contributed by atoms with van der Waals surface area (Å²) in [6, 6.07) is 5.18. The van der Waals surface area contributed by atoms with E-state index in [1.54, 1.807) is 12.1 Å². The normalized spacial score (nSPS) is 15.2. The van der Waals surface area contributed by atoms with E-state index in [1.807, 2.05) is 6.07 Å². The van der Waals surface area contributed by atoms with Crippen LogP contribution in [0.25, 0.3) is 0 Å². The lowest BCUT2D eigenvalue weighted by atomic mass is 10.1. The van der Waals surface area contributed by atoms with Crippen molar-refractivity contribution < 1.29 is 8.42 Å². The smallest absolute Gasteiger partial charge is 0.238 e. The van der Waals surface area contributed by atoms with Crippen LogP contribution in [0.5, 0.6) is 0 Å². The molecule has 1 aromatic carbocycles. The summed E-state index contributed by atoms with van der Waals surface area (Å²) >= 11 is 0. The molecule has 4 nitrogen and oxygen atoms in total. The second-order valence-electron chi connectivity index (χ2n) is 5.26. The maximum absolute atomic E-state index is 11.4. The second kappa shape index (κ2) is 4.90. The van der Waals surface area contributed by atoms with Crippen LogP contribution >= 0.6 is 0 Å². The van der Waals surface area contributed by atoms with Crippen LogP contribution < -0.4 is 10.0 Å². The monoisotopic (exact) mass is 268 g/mol. The first-order valence-electron chi connectivity index (χ1n) is 6.28. The molecule has 0 bridgehead atoms. The molecule has 0 aliphatic carbocycles. The van der Waals surface area contributed by atoms with Gasteiger partial charge >= 0.3 is 0 Å². The van der Waals surface area contributed by atoms with Gasteiger partial charge in [-0.15, -0.1) is 0 Å². The van der Waals surface area contributed by atoms with Gasteiger partial charge in [-0.3, -0.25) is 0 Å². The van der Waals surface area contributed by atoms with Crippen LogP contribution in [-0.2, 0) is 16.4 Å². The molecule has 0 spiro atoms. The molecule has 0 fully saturated rings. The highest BCUT2D eigenvalue weighted by Crippen LogP contribution is 2.30. The number of nitrogens with two attached hydrogens (primary N) is 1. The first kappa shape index (κ1) is 13.4. The molecule has 0 unspecified atom stereocenters. The fraction of sp³-hybridized carbons (Fsp3) is 0.538. The summed E-state index contributed by atoms with van der Waals surface area (Å²) in [5.74, 6) is 0.649. The van der Waals surface area contributed by atoms with Gasteiger partial charge in [-0.2, -0.15) is 0 Å². The van der Waals surface area contributed by atoms with Gasteiger partial charge in [0.05, 0.1) is 4.90 Å². The van der Waals surface area contributed by atoms with Gasteiger partial charge in [-0.25, -0.2) is 13.6 Å². The van der Waals surface area contributed by atoms with Crippen molar-refractivity contribution in [2.75, 3.05) is 18.0 Å². The SMILES string of the molecule is CC(C)CCN1CCc2ccc(S(N)(=O)=O)cc21. The standard InChI is InChI=1S/C13H20N2O2S/c1-10(2)5-7-15-8-6-11-3-4-12(9-13(11)15)18(14,16)17/h3-4,9-10H,5-8H2,1-2H3,(H2,14,16,17). The van der Waals surface area contributed by atoms with Gasteiger partial charge in [0.15, 0.2) is 0 Å². The average Bonchev–Trinajstić information content (AvgIpc) is 2.67. The van der Waals surface area contributed by atoms with Crippen molar-refractivity contribution in [1.29, 1.82) is 0 Å². The number of nitrogens with zero attached hydrogens (tertiary/aromatic N) is 1. The third kappa shape index (κ3) is 2.84. The highest BCUT2D eigenvalue weighted by molar-refractivity contribution is 7.89. The van der Waals surface area contributed by atoms with Crippen molar-refractivity contribution in [3.63, 3.8) is 0 Å².